The Morgan fingerprint density at radius 2 is 0.935 bits per heavy atom. The lowest BCUT2D eigenvalue weighted by molar-refractivity contribution is -0.141. The Kier molecular flexibility index (Phi) is 9.04. The molecule has 4 heterocycles. The Morgan fingerprint density at radius 3 is 1.22 bits per heavy atom. The molecule has 0 saturated carbocycles. The number of imide groups is 2. The first kappa shape index (κ1) is 31.6. The average molecular weight is 693 g/mol. The van der Waals surface area contributed by atoms with Gasteiger partial charge >= 0.3 is 11.9 Å². The molecule has 6 rings (SSSR count). The maximum atomic E-state index is 13.7. The van der Waals surface area contributed by atoms with E-state index in [-0.39, 0.29) is 44.5 Å². The lowest BCUT2D eigenvalue weighted by Crippen LogP contribution is -2.53. The minimum absolute atomic E-state index is 0.0463. The van der Waals surface area contributed by atoms with Gasteiger partial charge in [0.2, 0.25) is 0 Å². The molecule has 0 saturated heterocycles. The fourth-order valence-electron chi connectivity index (χ4n) is 5.10. The molecule has 2 N–H and O–H groups in total. The van der Waals surface area contributed by atoms with Crippen LogP contribution in [0.5, 0.6) is 0 Å². The van der Waals surface area contributed by atoms with Crippen molar-refractivity contribution < 1.29 is 39.0 Å². The second kappa shape index (κ2) is 13.2. The van der Waals surface area contributed by atoms with Crippen LogP contribution in [0.25, 0.3) is 10.8 Å². The van der Waals surface area contributed by atoms with Crippen LogP contribution in [0, 0.1) is 0 Å². The molecule has 46 heavy (non-hydrogen) atoms. The van der Waals surface area contributed by atoms with Gasteiger partial charge < -0.3 is 10.2 Å². The fraction of sp³-hybridized carbons (Fsp3) is 0.133. The summed E-state index contributed by atoms with van der Waals surface area (Å²) in [6, 6.07) is 12.7. The van der Waals surface area contributed by atoms with E-state index in [1.165, 1.54) is 45.9 Å². The number of nitrogens with zero attached hydrogens (tertiary/aromatic N) is 4. The third-order valence-electron chi connectivity index (χ3n) is 7.17. The number of benzene rings is 2. The number of pyridine rings is 2. The molecular weight excluding hydrogens is 673 g/mol. The first-order chi connectivity index (χ1) is 22.2. The van der Waals surface area contributed by atoms with Crippen molar-refractivity contribution >= 4 is 89.5 Å². The Morgan fingerprint density at radius 1 is 0.587 bits per heavy atom. The SMILES string of the molecule is O=C(O)C(CSSc1ccccn1)N1C(=O)c2ccc3c4c(ccc(c24)C1=O)C(=O)N(C(CSSc1ccccn1)C(=O)O)C3=O. The predicted molar refractivity (Wildman–Crippen MR) is 173 cm³/mol. The normalized spacial score (nSPS) is 15.3. The molecule has 2 aliphatic heterocycles. The Balaban J connectivity index is 1.30. The van der Waals surface area contributed by atoms with Gasteiger partial charge in [-0.3, -0.25) is 29.0 Å². The van der Waals surface area contributed by atoms with E-state index in [9.17, 15) is 39.0 Å². The predicted octanol–water partition coefficient (Wildman–Crippen LogP) is 4.61. The molecule has 2 aromatic heterocycles. The summed E-state index contributed by atoms with van der Waals surface area (Å²) in [6.07, 6.45) is 3.17. The van der Waals surface area contributed by atoms with E-state index in [0.29, 0.717) is 19.9 Å². The molecule has 2 unspecified atom stereocenters. The van der Waals surface area contributed by atoms with Crippen molar-refractivity contribution in [3.05, 3.63) is 95.3 Å². The highest BCUT2D eigenvalue weighted by molar-refractivity contribution is 8.77. The van der Waals surface area contributed by atoms with Crippen molar-refractivity contribution in [2.75, 3.05) is 11.5 Å². The van der Waals surface area contributed by atoms with Crippen LogP contribution in [-0.4, -0.2) is 89.1 Å². The molecule has 2 atom stereocenters. The number of aliphatic carboxylic acids is 2. The van der Waals surface area contributed by atoms with E-state index in [4.69, 9.17) is 0 Å². The molecule has 2 aliphatic rings. The van der Waals surface area contributed by atoms with Gasteiger partial charge in [0.15, 0.2) is 0 Å². The zero-order valence-electron chi connectivity index (χ0n) is 23.3. The van der Waals surface area contributed by atoms with Gasteiger partial charge in [-0.25, -0.2) is 19.6 Å². The van der Waals surface area contributed by atoms with Crippen LogP contribution in [0.4, 0.5) is 0 Å². The summed E-state index contributed by atoms with van der Waals surface area (Å²) in [7, 11) is 4.64. The second-order valence-electron chi connectivity index (χ2n) is 9.81. The van der Waals surface area contributed by atoms with Crippen LogP contribution >= 0.6 is 43.2 Å². The lowest BCUT2D eigenvalue weighted by atomic mass is 9.85. The van der Waals surface area contributed by atoms with Gasteiger partial charge in [0, 0.05) is 56.9 Å². The smallest absolute Gasteiger partial charge is 0.327 e. The molecule has 0 bridgehead atoms. The fourth-order valence-corrected chi connectivity index (χ4v) is 9.29. The van der Waals surface area contributed by atoms with Crippen molar-refractivity contribution in [2.24, 2.45) is 0 Å². The Bertz CT molecular complexity index is 1720. The molecule has 16 heteroatoms. The highest BCUT2D eigenvalue weighted by Gasteiger charge is 2.45. The number of rotatable bonds is 12. The van der Waals surface area contributed by atoms with Gasteiger partial charge in [-0.15, -0.1) is 0 Å². The maximum Gasteiger partial charge on any atom is 0.327 e. The van der Waals surface area contributed by atoms with Gasteiger partial charge in [-0.1, -0.05) is 33.7 Å². The summed E-state index contributed by atoms with van der Waals surface area (Å²) in [6.45, 7) is 0. The van der Waals surface area contributed by atoms with E-state index in [1.54, 1.807) is 48.8 Å². The lowest BCUT2D eigenvalue weighted by Gasteiger charge is -2.35. The van der Waals surface area contributed by atoms with Crippen LogP contribution in [0.2, 0.25) is 0 Å². The van der Waals surface area contributed by atoms with Crippen molar-refractivity contribution in [1.29, 1.82) is 0 Å². The van der Waals surface area contributed by atoms with Crippen molar-refractivity contribution in [3.8, 4) is 0 Å². The zero-order chi connectivity index (χ0) is 32.5. The summed E-state index contributed by atoms with van der Waals surface area (Å²) in [5.74, 6) is -6.58. The van der Waals surface area contributed by atoms with E-state index < -0.39 is 47.7 Å². The van der Waals surface area contributed by atoms with Crippen LogP contribution in [0.1, 0.15) is 41.4 Å². The molecule has 0 spiro atoms. The van der Waals surface area contributed by atoms with E-state index in [2.05, 4.69) is 9.97 Å². The van der Waals surface area contributed by atoms with Crippen LogP contribution in [-0.2, 0) is 9.59 Å². The summed E-state index contributed by atoms with van der Waals surface area (Å²) in [5, 5.41) is 21.4. The summed E-state index contributed by atoms with van der Waals surface area (Å²) in [4.78, 5) is 89.2. The number of hydrogen-bond acceptors (Lipinski definition) is 12. The van der Waals surface area contributed by atoms with Gasteiger partial charge in [0.25, 0.3) is 23.6 Å². The van der Waals surface area contributed by atoms with Gasteiger partial charge in [-0.05, 0) is 70.1 Å². The standard InChI is InChI=1S/C30H20N4O8S4/c35-25-15-7-9-17-24-18(28(38)34(27(17)37)20(30(41)42)14-44-46-22-6-2-4-12-32-22)10-8-16(23(15)24)26(36)33(25)19(29(39)40)13-43-45-21-5-1-3-11-31-21/h1-12,19-20H,13-14H2,(H,39,40)(H,41,42). The van der Waals surface area contributed by atoms with E-state index in [1.807, 2.05) is 0 Å². The number of carbonyl (C=O) groups is 6. The van der Waals surface area contributed by atoms with Crippen LogP contribution in [0.3, 0.4) is 0 Å². The van der Waals surface area contributed by atoms with Gasteiger partial charge in [0.1, 0.15) is 22.1 Å². The minimum Gasteiger partial charge on any atom is -0.480 e. The molecule has 4 aromatic rings. The second-order valence-corrected chi connectivity index (χ2v) is 14.5. The number of carboxylic acid groups (broad SMARTS) is 2. The topological polar surface area (TPSA) is 175 Å². The van der Waals surface area contributed by atoms with Crippen molar-refractivity contribution in [3.63, 3.8) is 0 Å². The first-order valence-electron chi connectivity index (χ1n) is 13.4. The molecular formula is C30H20N4O8S4. The van der Waals surface area contributed by atoms with Crippen molar-refractivity contribution in [2.45, 2.75) is 22.1 Å². The van der Waals surface area contributed by atoms with E-state index in [0.717, 1.165) is 21.6 Å². The van der Waals surface area contributed by atoms with Crippen LogP contribution < -0.4 is 0 Å². The first-order valence-corrected chi connectivity index (χ1v) is 18.0. The maximum absolute atomic E-state index is 13.7. The molecule has 12 nitrogen and oxygen atoms in total. The quantitative estimate of drug-likeness (QED) is 0.156. The monoisotopic (exact) mass is 692 g/mol. The molecule has 232 valence electrons. The number of aromatic nitrogens is 2. The summed E-state index contributed by atoms with van der Waals surface area (Å²) >= 11 is 0. The van der Waals surface area contributed by atoms with E-state index >= 15 is 0 Å². The molecule has 4 amide bonds. The van der Waals surface area contributed by atoms with Gasteiger partial charge in [-0.2, -0.15) is 0 Å². The molecule has 0 fully saturated rings. The molecule has 0 radical (unpaired) electrons. The Hall–Kier alpha value is -4.38. The largest absolute Gasteiger partial charge is 0.480 e. The van der Waals surface area contributed by atoms with Crippen LogP contribution in [0.15, 0.2) is 83.1 Å². The third kappa shape index (κ3) is 5.72. The number of carbonyl (C=O) groups excluding carboxylic acids is 4. The molecule has 2 aromatic carbocycles. The number of hydrogen-bond donors (Lipinski definition) is 2. The third-order valence-corrected chi connectivity index (χ3v) is 11.7. The average Bonchev–Trinajstić information content (AvgIpc) is 3.05. The number of carboxylic acids is 2. The minimum atomic E-state index is -1.52. The van der Waals surface area contributed by atoms with Crippen molar-refractivity contribution in [1.82, 2.24) is 19.8 Å². The highest BCUT2D eigenvalue weighted by Crippen LogP contribution is 2.40. The summed E-state index contributed by atoms with van der Waals surface area (Å²) in [5.41, 5.74) is -0.185. The molecule has 0 aliphatic carbocycles. The zero-order valence-corrected chi connectivity index (χ0v) is 26.5. The Labute approximate surface area is 276 Å². The highest BCUT2D eigenvalue weighted by atomic mass is 33.1. The summed E-state index contributed by atoms with van der Waals surface area (Å²) < 4.78 is 0. The number of amides is 4. The van der Waals surface area contributed by atoms with Gasteiger partial charge in [0.05, 0.1) is 0 Å².